The number of rotatable bonds is 3. The van der Waals surface area contributed by atoms with Crippen molar-refractivity contribution in [3.05, 3.63) is 123 Å². The highest BCUT2D eigenvalue weighted by molar-refractivity contribution is 6.34. The van der Waals surface area contributed by atoms with Crippen LogP contribution in [0.25, 0.3) is 0 Å². The number of nitrogens with zero attached hydrogens (tertiary/aromatic N) is 5. The maximum absolute atomic E-state index is 11.2. The Labute approximate surface area is 244 Å². The number of nitrogens with one attached hydrogen (secondary N) is 1. The van der Waals surface area contributed by atoms with Gasteiger partial charge in [-0.25, -0.2) is 15.0 Å². The molecule has 0 radical (unpaired) electrons. The van der Waals surface area contributed by atoms with Gasteiger partial charge in [0.1, 0.15) is 5.75 Å². The van der Waals surface area contributed by atoms with Crippen LogP contribution in [0.15, 0.2) is 100 Å². The Morgan fingerprint density at radius 2 is 1.37 bits per heavy atom. The number of hydrogen-bond donors (Lipinski definition) is 2. The molecule has 4 heterocycles. The number of benzene rings is 4. The number of anilines is 2. The third-order valence-corrected chi connectivity index (χ3v) is 7.96. The van der Waals surface area contributed by atoms with E-state index in [9.17, 15) is 5.11 Å². The van der Waals surface area contributed by atoms with Crippen molar-refractivity contribution in [3.63, 3.8) is 0 Å². The Morgan fingerprint density at radius 3 is 2.10 bits per heavy atom. The lowest BCUT2D eigenvalue weighted by molar-refractivity contribution is 0.154. The van der Waals surface area contributed by atoms with Gasteiger partial charge in [0.05, 0.1) is 27.5 Å². The molecule has 41 heavy (non-hydrogen) atoms. The monoisotopic (exact) mass is 582 g/mol. The summed E-state index contributed by atoms with van der Waals surface area (Å²) in [7, 11) is 0. The highest BCUT2D eigenvalue weighted by Crippen LogP contribution is 2.49. The number of aliphatic imine (C=N–C) groups is 1. The Hall–Kier alpha value is -4.57. The number of hydrogen-bond acceptors (Lipinski definition) is 9. The molecule has 0 fully saturated rings. The van der Waals surface area contributed by atoms with Gasteiger partial charge in [0.2, 0.25) is 11.8 Å². The summed E-state index contributed by atoms with van der Waals surface area (Å²) in [6.07, 6.45) is 0.368. The predicted molar refractivity (Wildman–Crippen MR) is 158 cm³/mol. The minimum absolute atomic E-state index is 0.0620. The molecule has 11 heteroatoms. The zero-order chi connectivity index (χ0) is 27.7. The number of aromatic hydroxyl groups is 1. The molecular weight excluding hydrogens is 563 g/mol. The van der Waals surface area contributed by atoms with Crippen molar-refractivity contribution in [3.8, 4) is 5.75 Å². The van der Waals surface area contributed by atoms with Gasteiger partial charge in [-0.05, 0) is 48.0 Å². The lowest BCUT2D eigenvalue weighted by Crippen LogP contribution is -2.48. The minimum Gasteiger partial charge on any atom is -0.508 e. The van der Waals surface area contributed by atoms with Gasteiger partial charge < -0.3 is 14.6 Å². The van der Waals surface area contributed by atoms with E-state index in [1.54, 1.807) is 34.4 Å². The maximum Gasteiger partial charge on any atom is 0.291 e. The van der Waals surface area contributed by atoms with Crippen LogP contribution in [0.3, 0.4) is 0 Å². The number of ether oxygens (including phenoxy) is 2. The second-order valence-electron chi connectivity index (χ2n) is 9.75. The molecule has 3 unspecified atom stereocenters. The van der Waals surface area contributed by atoms with E-state index >= 15 is 0 Å². The summed E-state index contributed by atoms with van der Waals surface area (Å²) in [6.45, 7) is 0. The zero-order valence-electron chi connectivity index (χ0n) is 21.1. The molecule has 0 saturated heterocycles. The van der Waals surface area contributed by atoms with Crippen LogP contribution in [0.1, 0.15) is 33.9 Å². The summed E-state index contributed by atoms with van der Waals surface area (Å²) in [5, 5.41) is 28.4. The number of halogens is 2. The smallest absolute Gasteiger partial charge is 0.291 e. The van der Waals surface area contributed by atoms with E-state index in [0.717, 1.165) is 22.3 Å². The van der Waals surface area contributed by atoms with E-state index in [2.05, 4.69) is 10.3 Å². The third kappa shape index (κ3) is 3.77. The molecular formula is C30H20Cl2N6O3. The van der Waals surface area contributed by atoms with E-state index in [4.69, 9.17) is 42.9 Å². The standard InChI is InChI=1S/C30H20Cl2N6O3/c31-20-12-11-18(19-15-33-29-37(25(19)20)35-27(40-29)16-7-3-1-4-8-16)24-23-22(39)14-13-21(32)26(23)38-30(34-24)41-28(36-38)17-9-5-2-6-10-17/h1-15,24,29-30,34,39H. The van der Waals surface area contributed by atoms with Gasteiger partial charge in [0, 0.05) is 28.5 Å². The fourth-order valence-corrected chi connectivity index (χ4v) is 6.01. The van der Waals surface area contributed by atoms with Gasteiger partial charge in [0.15, 0.2) is 0 Å². The van der Waals surface area contributed by atoms with Gasteiger partial charge in [-0.3, -0.25) is 5.32 Å². The van der Waals surface area contributed by atoms with Crippen LogP contribution >= 0.6 is 23.2 Å². The quantitative estimate of drug-likeness (QED) is 0.317. The first-order valence-corrected chi connectivity index (χ1v) is 13.7. The van der Waals surface area contributed by atoms with Crippen LogP contribution in [0.5, 0.6) is 5.75 Å². The first-order valence-electron chi connectivity index (χ1n) is 12.9. The second kappa shape index (κ2) is 9.24. The van der Waals surface area contributed by atoms with E-state index in [0.29, 0.717) is 38.8 Å². The molecule has 0 aromatic heterocycles. The van der Waals surface area contributed by atoms with E-state index in [-0.39, 0.29) is 5.75 Å². The SMILES string of the molecule is Oc1ccc(Cl)c2c1C(c1ccc(Cl)c3c1C=NC1OC(c4ccccc4)=NN31)NC1OC(c3ccccc3)=NN21. The molecule has 4 aromatic carbocycles. The van der Waals surface area contributed by atoms with E-state index in [1.807, 2.05) is 66.7 Å². The van der Waals surface area contributed by atoms with Crippen molar-refractivity contribution in [2.24, 2.45) is 15.2 Å². The average Bonchev–Trinajstić information content (AvgIpc) is 3.64. The van der Waals surface area contributed by atoms with Crippen LogP contribution in [-0.4, -0.2) is 35.8 Å². The highest BCUT2D eigenvalue weighted by Gasteiger charge is 2.44. The molecule has 9 nitrogen and oxygen atoms in total. The number of phenols is 1. The topological polar surface area (TPSA) is 94.3 Å². The number of fused-ring (bicyclic) bond motifs is 6. The van der Waals surface area contributed by atoms with Crippen molar-refractivity contribution < 1.29 is 14.6 Å². The van der Waals surface area contributed by atoms with Gasteiger partial charge >= 0.3 is 0 Å². The van der Waals surface area contributed by atoms with Gasteiger partial charge in [-0.2, -0.15) is 0 Å². The van der Waals surface area contributed by atoms with E-state index < -0.39 is 18.7 Å². The summed E-state index contributed by atoms with van der Waals surface area (Å²) in [6, 6.07) is 25.6. The van der Waals surface area contributed by atoms with Gasteiger partial charge in [-0.15, -0.1) is 10.2 Å². The number of phenolic OH excluding ortho intramolecular Hbond substituents is 1. The lowest BCUT2D eigenvalue weighted by atomic mass is 9.90. The lowest BCUT2D eigenvalue weighted by Gasteiger charge is -2.38. The third-order valence-electron chi connectivity index (χ3n) is 7.35. The molecule has 4 aliphatic rings. The van der Waals surface area contributed by atoms with Gasteiger partial charge in [-0.1, -0.05) is 65.7 Å². The Kier molecular flexibility index (Phi) is 5.46. The van der Waals surface area contributed by atoms with Crippen LogP contribution in [0.4, 0.5) is 11.4 Å². The Morgan fingerprint density at radius 1 is 0.732 bits per heavy atom. The van der Waals surface area contributed by atoms with Crippen molar-refractivity contribution >= 4 is 52.6 Å². The van der Waals surface area contributed by atoms with Crippen LogP contribution in [-0.2, 0) is 9.47 Å². The summed E-state index contributed by atoms with van der Waals surface area (Å²) >= 11 is 13.5. The van der Waals surface area contributed by atoms with Crippen molar-refractivity contribution in [1.82, 2.24) is 5.32 Å². The molecule has 202 valence electrons. The van der Waals surface area contributed by atoms with Crippen molar-refractivity contribution in [2.75, 3.05) is 10.0 Å². The first kappa shape index (κ1) is 24.2. The maximum atomic E-state index is 11.2. The summed E-state index contributed by atoms with van der Waals surface area (Å²) in [5.41, 5.74) is 4.94. The van der Waals surface area contributed by atoms with Crippen LogP contribution < -0.4 is 15.3 Å². The molecule has 0 amide bonds. The largest absolute Gasteiger partial charge is 0.508 e. The average molecular weight is 583 g/mol. The molecule has 0 bridgehead atoms. The molecule has 2 N–H and O–H groups in total. The second-order valence-corrected chi connectivity index (χ2v) is 10.6. The van der Waals surface area contributed by atoms with Crippen molar-refractivity contribution in [2.45, 2.75) is 18.7 Å². The Balaban J connectivity index is 1.24. The molecule has 4 aliphatic heterocycles. The molecule has 4 aromatic rings. The predicted octanol–water partition coefficient (Wildman–Crippen LogP) is 5.79. The normalized spacial score (nSPS) is 21.7. The zero-order valence-corrected chi connectivity index (χ0v) is 22.7. The van der Waals surface area contributed by atoms with E-state index in [1.165, 1.54) is 0 Å². The first-order chi connectivity index (χ1) is 20.1. The minimum atomic E-state index is -0.685. The van der Waals surface area contributed by atoms with Crippen LogP contribution in [0.2, 0.25) is 10.0 Å². The summed E-state index contributed by atoms with van der Waals surface area (Å²) in [4.78, 5) is 4.64. The molecule has 0 saturated carbocycles. The molecule has 8 rings (SSSR count). The highest BCUT2D eigenvalue weighted by atomic mass is 35.5. The fraction of sp³-hybridized carbons (Fsp3) is 0.100. The van der Waals surface area contributed by atoms with Crippen molar-refractivity contribution in [1.29, 1.82) is 0 Å². The van der Waals surface area contributed by atoms with Crippen LogP contribution in [0, 0.1) is 0 Å². The number of hydrazone groups is 2. The molecule has 0 spiro atoms. The molecule has 3 atom stereocenters. The Bertz CT molecular complexity index is 1800. The fourth-order valence-electron chi connectivity index (χ4n) is 5.50. The van der Waals surface area contributed by atoms with Gasteiger partial charge in [0.25, 0.3) is 12.7 Å². The molecule has 0 aliphatic carbocycles. The summed E-state index contributed by atoms with van der Waals surface area (Å²) in [5.74, 6) is 0.953. The summed E-state index contributed by atoms with van der Waals surface area (Å²) < 4.78 is 12.3.